The number of hydrogen-bond donors (Lipinski definition) is 1. The zero-order valence-corrected chi connectivity index (χ0v) is 10.5. The summed E-state index contributed by atoms with van der Waals surface area (Å²) in [4.78, 5) is 0. The second-order valence-electron chi connectivity index (χ2n) is 5.66. The summed E-state index contributed by atoms with van der Waals surface area (Å²) >= 11 is 0. The van der Waals surface area contributed by atoms with Crippen molar-refractivity contribution in [2.45, 2.75) is 43.8 Å². The molecule has 1 N–H and O–H groups in total. The fraction of sp³-hybridized carbons (Fsp3) is 0.600. The van der Waals surface area contributed by atoms with Gasteiger partial charge < -0.3 is 10.1 Å². The number of nitrogens with one attached hydrogen (secondary N) is 1. The Hall–Kier alpha value is -0.860. The van der Waals surface area contributed by atoms with Crippen molar-refractivity contribution in [3.05, 3.63) is 35.9 Å². The van der Waals surface area contributed by atoms with E-state index in [1.165, 1.54) is 18.4 Å². The van der Waals surface area contributed by atoms with Gasteiger partial charge in [0.05, 0.1) is 11.2 Å². The molecule has 2 heteroatoms. The van der Waals surface area contributed by atoms with Crippen molar-refractivity contribution in [2.75, 3.05) is 13.1 Å². The number of ether oxygens (including phenoxy) is 1. The first-order valence-electron chi connectivity index (χ1n) is 6.69. The maximum absolute atomic E-state index is 6.52. The minimum atomic E-state index is 0.0351. The molecule has 0 amide bonds. The first kappa shape index (κ1) is 11.2. The van der Waals surface area contributed by atoms with Crippen molar-refractivity contribution in [3.63, 3.8) is 0 Å². The zero-order chi connectivity index (χ0) is 11.8. The molecule has 1 saturated heterocycles. The van der Waals surface area contributed by atoms with Crippen molar-refractivity contribution in [1.29, 1.82) is 0 Å². The summed E-state index contributed by atoms with van der Waals surface area (Å²) in [6.45, 7) is 4.44. The van der Waals surface area contributed by atoms with Crippen molar-refractivity contribution in [3.8, 4) is 0 Å². The molecule has 0 unspecified atom stereocenters. The Morgan fingerprint density at radius 2 is 1.65 bits per heavy atom. The average molecular weight is 231 g/mol. The van der Waals surface area contributed by atoms with Crippen LogP contribution >= 0.6 is 0 Å². The molecule has 1 aliphatic carbocycles. The van der Waals surface area contributed by atoms with Gasteiger partial charge in [0.15, 0.2) is 0 Å². The summed E-state index contributed by atoms with van der Waals surface area (Å²) in [6, 6.07) is 10.7. The molecule has 0 atom stereocenters. The number of piperidine rings is 1. The van der Waals surface area contributed by atoms with E-state index in [4.69, 9.17) is 4.74 Å². The first-order chi connectivity index (χ1) is 8.23. The highest BCUT2D eigenvalue weighted by atomic mass is 16.5. The SMILES string of the molecule is CC1(OC2(c3ccccc3)CC2)CCNCC1. The Labute approximate surface area is 103 Å². The van der Waals surface area contributed by atoms with E-state index < -0.39 is 0 Å². The lowest BCUT2D eigenvalue weighted by Gasteiger charge is -2.38. The Balaban J connectivity index is 1.76. The predicted octanol–water partition coefficient (Wildman–Crippen LogP) is 2.83. The molecule has 3 rings (SSSR count). The van der Waals surface area contributed by atoms with E-state index in [0.29, 0.717) is 0 Å². The molecule has 0 spiro atoms. The van der Waals surface area contributed by atoms with E-state index in [2.05, 4.69) is 42.6 Å². The Kier molecular flexibility index (Phi) is 2.72. The molecule has 0 aromatic heterocycles. The van der Waals surface area contributed by atoms with Gasteiger partial charge in [-0.05, 0) is 51.3 Å². The second kappa shape index (κ2) is 4.11. The van der Waals surface area contributed by atoms with E-state index in [1.54, 1.807) is 0 Å². The number of rotatable bonds is 3. The zero-order valence-electron chi connectivity index (χ0n) is 10.5. The van der Waals surface area contributed by atoms with Crippen molar-refractivity contribution in [1.82, 2.24) is 5.32 Å². The normalized spacial score (nSPS) is 25.5. The molecule has 1 aliphatic heterocycles. The van der Waals surface area contributed by atoms with Crippen LogP contribution in [0.3, 0.4) is 0 Å². The monoisotopic (exact) mass is 231 g/mol. The molecule has 17 heavy (non-hydrogen) atoms. The second-order valence-corrected chi connectivity index (χ2v) is 5.66. The van der Waals surface area contributed by atoms with Crippen LogP contribution in [-0.4, -0.2) is 18.7 Å². The Bertz CT molecular complexity index is 377. The first-order valence-corrected chi connectivity index (χ1v) is 6.69. The minimum Gasteiger partial charge on any atom is -0.364 e. The van der Waals surface area contributed by atoms with Gasteiger partial charge in [0, 0.05) is 0 Å². The van der Waals surface area contributed by atoms with Gasteiger partial charge in [0.1, 0.15) is 0 Å². The number of benzene rings is 1. The molecule has 0 bridgehead atoms. The van der Waals surface area contributed by atoms with Gasteiger partial charge in [-0.25, -0.2) is 0 Å². The minimum absolute atomic E-state index is 0.0351. The standard InChI is InChI=1S/C15H21NO/c1-14(9-11-16-12-10-14)17-15(7-8-15)13-5-3-2-4-6-13/h2-6,16H,7-12H2,1H3. The van der Waals surface area contributed by atoms with Gasteiger partial charge in [-0.2, -0.15) is 0 Å². The molecular formula is C15H21NO. The molecule has 2 fully saturated rings. The van der Waals surface area contributed by atoms with Crippen molar-refractivity contribution in [2.24, 2.45) is 0 Å². The third-order valence-corrected chi connectivity index (χ3v) is 4.11. The van der Waals surface area contributed by atoms with Crippen molar-refractivity contribution < 1.29 is 4.74 Å². The summed E-state index contributed by atoms with van der Waals surface area (Å²) in [5.41, 5.74) is 1.46. The van der Waals surface area contributed by atoms with Crippen LogP contribution in [0.2, 0.25) is 0 Å². The topological polar surface area (TPSA) is 21.3 Å². The van der Waals surface area contributed by atoms with Crippen LogP contribution < -0.4 is 5.32 Å². The quantitative estimate of drug-likeness (QED) is 0.863. The molecule has 1 saturated carbocycles. The van der Waals surface area contributed by atoms with Gasteiger partial charge in [0.2, 0.25) is 0 Å². The highest BCUT2D eigenvalue weighted by molar-refractivity contribution is 5.28. The highest BCUT2D eigenvalue weighted by Gasteiger charge is 2.50. The lowest BCUT2D eigenvalue weighted by atomic mass is 9.93. The predicted molar refractivity (Wildman–Crippen MR) is 68.9 cm³/mol. The maximum atomic E-state index is 6.52. The molecular weight excluding hydrogens is 210 g/mol. The van der Waals surface area contributed by atoms with E-state index in [9.17, 15) is 0 Å². The lowest BCUT2D eigenvalue weighted by Crippen LogP contribution is -2.43. The largest absolute Gasteiger partial charge is 0.364 e. The number of hydrogen-bond acceptors (Lipinski definition) is 2. The summed E-state index contributed by atoms with van der Waals surface area (Å²) < 4.78 is 6.52. The van der Waals surface area contributed by atoms with Gasteiger partial charge in [-0.1, -0.05) is 30.3 Å². The lowest BCUT2D eigenvalue weighted by molar-refractivity contribution is -0.116. The van der Waals surface area contributed by atoms with Crippen molar-refractivity contribution >= 4 is 0 Å². The Morgan fingerprint density at radius 1 is 1.00 bits per heavy atom. The molecule has 92 valence electrons. The summed E-state index contributed by atoms with van der Waals surface area (Å²) in [6.07, 6.45) is 4.61. The smallest absolute Gasteiger partial charge is 0.0941 e. The van der Waals surface area contributed by atoms with E-state index in [0.717, 1.165) is 25.9 Å². The van der Waals surface area contributed by atoms with Crippen LogP contribution in [0.25, 0.3) is 0 Å². The van der Waals surface area contributed by atoms with Gasteiger partial charge in [-0.15, -0.1) is 0 Å². The molecule has 1 heterocycles. The van der Waals surface area contributed by atoms with E-state index >= 15 is 0 Å². The molecule has 1 aromatic carbocycles. The summed E-state index contributed by atoms with van der Waals surface area (Å²) in [7, 11) is 0. The van der Waals surface area contributed by atoms with Crippen LogP contribution in [0.4, 0.5) is 0 Å². The molecule has 0 radical (unpaired) electrons. The highest BCUT2D eigenvalue weighted by Crippen LogP contribution is 2.52. The third kappa shape index (κ3) is 2.24. The van der Waals surface area contributed by atoms with Gasteiger partial charge in [-0.3, -0.25) is 0 Å². The summed E-state index contributed by atoms with van der Waals surface area (Å²) in [5.74, 6) is 0. The van der Waals surface area contributed by atoms with E-state index in [-0.39, 0.29) is 11.2 Å². The summed E-state index contributed by atoms with van der Waals surface area (Å²) in [5, 5.41) is 3.41. The molecule has 2 nitrogen and oxygen atoms in total. The molecule has 2 aliphatic rings. The average Bonchev–Trinajstić information content (AvgIpc) is 3.11. The van der Waals surface area contributed by atoms with Gasteiger partial charge in [0.25, 0.3) is 0 Å². The van der Waals surface area contributed by atoms with Crippen LogP contribution in [0.1, 0.15) is 38.2 Å². The van der Waals surface area contributed by atoms with Crippen LogP contribution in [0.15, 0.2) is 30.3 Å². The van der Waals surface area contributed by atoms with Gasteiger partial charge >= 0.3 is 0 Å². The van der Waals surface area contributed by atoms with Crippen LogP contribution in [-0.2, 0) is 10.3 Å². The van der Waals surface area contributed by atoms with Crippen LogP contribution in [0.5, 0.6) is 0 Å². The fourth-order valence-corrected chi connectivity index (χ4v) is 2.83. The fourth-order valence-electron chi connectivity index (χ4n) is 2.83. The van der Waals surface area contributed by atoms with E-state index in [1.807, 2.05) is 0 Å². The maximum Gasteiger partial charge on any atom is 0.0941 e. The van der Waals surface area contributed by atoms with Crippen LogP contribution in [0, 0.1) is 0 Å². The molecule has 1 aromatic rings. The Morgan fingerprint density at radius 3 is 2.24 bits per heavy atom. The third-order valence-electron chi connectivity index (χ3n) is 4.11.